The summed E-state index contributed by atoms with van der Waals surface area (Å²) < 4.78 is 7.40. The average Bonchev–Trinajstić information content (AvgIpc) is 2.95. The molecule has 0 aliphatic heterocycles. The second kappa shape index (κ2) is 6.96. The van der Waals surface area contributed by atoms with E-state index in [1.54, 1.807) is 11.7 Å². The minimum absolute atomic E-state index is 0.215. The predicted octanol–water partition coefficient (Wildman–Crippen LogP) is 3.31. The van der Waals surface area contributed by atoms with Gasteiger partial charge >= 0.3 is 0 Å². The third-order valence-electron chi connectivity index (χ3n) is 3.96. The smallest absolute Gasteiger partial charge is 0.263 e. The fourth-order valence-corrected chi connectivity index (χ4v) is 2.65. The Morgan fingerprint density at radius 2 is 2.16 bits per heavy atom. The lowest BCUT2D eigenvalue weighted by molar-refractivity contribution is 0.313. The molecule has 25 heavy (non-hydrogen) atoms. The average molecular weight is 341 g/mol. The van der Waals surface area contributed by atoms with Gasteiger partial charge in [-0.15, -0.1) is 0 Å². The molecule has 0 saturated carbocycles. The first-order valence-corrected chi connectivity index (χ1v) is 8.45. The fourth-order valence-electron chi connectivity index (χ4n) is 2.65. The van der Waals surface area contributed by atoms with Crippen molar-refractivity contribution in [2.45, 2.75) is 33.1 Å². The van der Waals surface area contributed by atoms with E-state index in [0.29, 0.717) is 29.5 Å². The van der Waals surface area contributed by atoms with Gasteiger partial charge in [0.25, 0.3) is 5.56 Å². The zero-order valence-corrected chi connectivity index (χ0v) is 15.0. The Labute approximate surface area is 146 Å². The molecule has 0 fully saturated rings. The van der Waals surface area contributed by atoms with Crippen molar-refractivity contribution in [2.75, 3.05) is 11.9 Å². The molecule has 0 spiro atoms. The maximum absolute atomic E-state index is 12.1. The highest BCUT2D eigenvalue weighted by atomic mass is 16.5. The molecule has 0 radical (unpaired) electrons. The number of fused-ring (bicyclic) bond motifs is 1. The van der Waals surface area contributed by atoms with Gasteiger partial charge in [-0.2, -0.15) is 10.1 Å². The third-order valence-corrected chi connectivity index (χ3v) is 3.96. The summed E-state index contributed by atoms with van der Waals surface area (Å²) in [5.74, 6) is 1.60. The molecule has 7 heteroatoms. The molecule has 2 heterocycles. The lowest BCUT2D eigenvalue weighted by Gasteiger charge is -2.16. The highest BCUT2D eigenvalue weighted by molar-refractivity contribution is 5.75. The molecule has 0 aliphatic rings. The lowest BCUT2D eigenvalue weighted by atomic mass is 10.0. The van der Waals surface area contributed by atoms with Gasteiger partial charge in [0.05, 0.1) is 12.8 Å². The normalized spacial score (nSPS) is 11.2. The van der Waals surface area contributed by atoms with E-state index >= 15 is 0 Å². The number of anilines is 2. The summed E-state index contributed by atoms with van der Waals surface area (Å²) in [7, 11) is 1.76. The molecule has 0 amide bonds. The lowest BCUT2D eigenvalue weighted by Crippen LogP contribution is -2.11. The van der Waals surface area contributed by atoms with Crippen molar-refractivity contribution in [3.8, 4) is 5.75 Å². The number of hydrogen-bond donors (Lipinski definition) is 2. The Balaban J connectivity index is 1.93. The van der Waals surface area contributed by atoms with Gasteiger partial charge in [-0.25, -0.2) is 0 Å². The Morgan fingerprint density at radius 1 is 1.36 bits per heavy atom. The van der Waals surface area contributed by atoms with Crippen LogP contribution in [0.4, 0.5) is 11.6 Å². The molecule has 3 rings (SSSR count). The molecule has 0 bridgehead atoms. The summed E-state index contributed by atoms with van der Waals surface area (Å²) >= 11 is 0. The molecule has 0 atom stereocenters. The monoisotopic (exact) mass is 341 g/mol. The van der Waals surface area contributed by atoms with E-state index in [1.165, 1.54) is 6.20 Å². The van der Waals surface area contributed by atoms with E-state index < -0.39 is 0 Å². The summed E-state index contributed by atoms with van der Waals surface area (Å²) in [5.41, 5.74) is 2.28. The van der Waals surface area contributed by atoms with Crippen molar-refractivity contribution in [2.24, 2.45) is 7.05 Å². The Morgan fingerprint density at radius 3 is 2.88 bits per heavy atom. The largest absolute Gasteiger partial charge is 0.493 e. The summed E-state index contributed by atoms with van der Waals surface area (Å²) in [6.07, 6.45) is 2.48. The molecular weight excluding hydrogens is 318 g/mol. The van der Waals surface area contributed by atoms with Gasteiger partial charge < -0.3 is 10.1 Å². The molecule has 3 aromatic rings. The molecule has 132 valence electrons. The van der Waals surface area contributed by atoms with Crippen molar-refractivity contribution >= 4 is 22.7 Å². The van der Waals surface area contributed by atoms with Gasteiger partial charge in [0, 0.05) is 12.7 Å². The van der Waals surface area contributed by atoms with Crippen LogP contribution in [0.1, 0.15) is 38.7 Å². The van der Waals surface area contributed by atoms with Gasteiger partial charge in [-0.3, -0.25) is 14.5 Å². The van der Waals surface area contributed by atoms with Crippen molar-refractivity contribution in [1.29, 1.82) is 0 Å². The summed E-state index contributed by atoms with van der Waals surface area (Å²) in [5, 5.41) is 7.71. The van der Waals surface area contributed by atoms with Gasteiger partial charge in [0.15, 0.2) is 5.65 Å². The minimum Gasteiger partial charge on any atom is -0.493 e. The van der Waals surface area contributed by atoms with Crippen LogP contribution in [-0.4, -0.2) is 26.4 Å². The molecule has 0 aliphatic carbocycles. The van der Waals surface area contributed by atoms with Crippen LogP contribution in [0.3, 0.4) is 0 Å². The second-order valence-electron chi connectivity index (χ2n) is 6.30. The fraction of sp³-hybridized carbons (Fsp3) is 0.389. The van der Waals surface area contributed by atoms with Crippen LogP contribution in [0.25, 0.3) is 11.0 Å². The standard InChI is InChI=1S/C18H23N5O2/c1-5-8-25-15-7-6-12(9-13(15)11(2)3)20-18-21-16-14(17(24)22-18)10-19-23(16)4/h6-7,9-11H,5,8H2,1-4H3,(H2,20,21,22,24). The number of benzene rings is 1. The number of rotatable bonds is 6. The van der Waals surface area contributed by atoms with Gasteiger partial charge in [-0.05, 0) is 36.1 Å². The number of nitrogens with one attached hydrogen (secondary N) is 2. The van der Waals surface area contributed by atoms with Crippen LogP contribution in [0.5, 0.6) is 5.75 Å². The molecule has 0 saturated heterocycles. The van der Waals surface area contributed by atoms with Crippen molar-refractivity contribution in [1.82, 2.24) is 19.7 Å². The minimum atomic E-state index is -0.215. The van der Waals surface area contributed by atoms with Crippen LogP contribution >= 0.6 is 0 Å². The number of H-pyrrole nitrogens is 1. The van der Waals surface area contributed by atoms with Crippen LogP contribution < -0.4 is 15.6 Å². The number of nitrogens with zero attached hydrogens (tertiary/aromatic N) is 3. The zero-order chi connectivity index (χ0) is 18.0. The molecule has 2 N–H and O–H groups in total. The van der Waals surface area contributed by atoms with E-state index in [1.807, 2.05) is 18.2 Å². The zero-order valence-electron chi connectivity index (χ0n) is 15.0. The molecule has 7 nitrogen and oxygen atoms in total. The van der Waals surface area contributed by atoms with Crippen molar-refractivity contribution < 1.29 is 4.74 Å². The number of aromatic nitrogens is 4. The van der Waals surface area contributed by atoms with E-state index in [-0.39, 0.29) is 5.56 Å². The van der Waals surface area contributed by atoms with Crippen molar-refractivity contribution in [3.63, 3.8) is 0 Å². The van der Waals surface area contributed by atoms with E-state index in [4.69, 9.17) is 4.74 Å². The summed E-state index contributed by atoms with van der Waals surface area (Å²) in [6, 6.07) is 5.90. The van der Waals surface area contributed by atoms with Crippen LogP contribution in [-0.2, 0) is 7.05 Å². The summed E-state index contributed by atoms with van der Waals surface area (Å²) in [6.45, 7) is 7.03. The topological polar surface area (TPSA) is 84.8 Å². The van der Waals surface area contributed by atoms with Crippen LogP contribution in [0.15, 0.2) is 29.2 Å². The van der Waals surface area contributed by atoms with E-state index in [2.05, 4.69) is 41.2 Å². The Kier molecular flexibility index (Phi) is 4.74. The van der Waals surface area contributed by atoms with Gasteiger partial charge in [0.2, 0.25) is 5.95 Å². The van der Waals surface area contributed by atoms with Gasteiger partial charge in [-0.1, -0.05) is 20.8 Å². The van der Waals surface area contributed by atoms with Crippen LogP contribution in [0.2, 0.25) is 0 Å². The Bertz CT molecular complexity index is 942. The first kappa shape index (κ1) is 17.0. The van der Waals surface area contributed by atoms with Crippen molar-refractivity contribution in [3.05, 3.63) is 40.3 Å². The predicted molar refractivity (Wildman–Crippen MR) is 98.7 cm³/mol. The maximum Gasteiger partial charge on any atom is 0.263 e. The van der Waals surface area contributed by atoms with Crippen LogP contribution in [0, 0.1) is 0 Å². The first-order chi connectivity index (χ1) is 12.0. The Hall–Kier alpha value is -2.83. The van der Waals surface area contributed by atoms with E-state index in [9.17, 15) is 4.79 Å². The quantitative estimate of drug-likeness (QED) is 0.718. The SMILES string of the molecule is CCCOc1ccc(Nc2nc3c(cnn3C)c(=O)[nH]2)cc1C(C)C. The maximum atomic E-state index is 12.1. The molecule has 2 aromatic heterocycles. The highest BCUT2D eigenvalue weighted by Crippen LogP contribution is 2.30. The van der Waals surface area contributed by atoms with E-state index in [0.717, 1.165) is 23.4 Å². The highest BCUT2D eigenvalue weighted by Gasteiger charge is 2.11. The first-order valence-electron chi connectivity index (χ1n) is 8.45. The molecule has 1 aromatic carbocycles. The number of ether oxygens (including phenoxy) is 1. The number of hydrogen-bond acceptors (Lipinski definition) is 5. The van der Waals surface area contributed by atoms with Gasteiger partial charge in [0.1, 0.15) is 11.1 Å². The number of aryl methyl sites for hydroxylation is 1. The molecular formula is C18H23N5O2. The summed E-state index contributed by atoms with van der Waals surface area (Å²) in [4.78, 5) is 19.3. The molecule has 0 unspecified atom stereocenters. The third kappa shape index (κ3) is 3.50. The second-order valence-corrected chi connectivity index (χ2v) is 6.30. The number of aromatic amines is 1.